The van der Waals surface area contributed by atoms with Crippen molar-refractivity contribution in [1.29, 1.82) is 0 Å². The summed E-state index contributed by atoms with van der Waals surface area (Å²) in [5.41, 5.74) is 6.67. The van der Waals surface area contributed by atoms with Crippen molar-refractivity contribution >= 4 is 0 Å². The van der Waals surface area contributed by atoms with Gasteiger partial charge < -0.3 is 10.2 Å². The summed E-state index contributed by atoms with van der Waals surface area (Å²) in [7, 11) is 0. The van der Waals surface area contributed by atoms with Gasteiger partial charge in [-0.15, -0.1) is 0 Å². The molecule has 0 aliphatic carbocycles. The molecule has 2 aromatic rings. The quantitative estimate of drug-likeness (QED) is 0.843. The third-order valence-corrected chi connectivity index (χ3v) is 3.47. The van der Waals surface area contributed by atoms with Gasteiger partial charge in [0.15, 0.2) is 0 Å². The Morgan fingerprint density at radius 2 is 2.05 bits per heavy atom. The van der Waals surface area contributed by atoms with Crippen LogP contribution in [0, 0.1) is 5.82 Å². The maximum atomic E-state index is 13.6. The van der Waals surface area contributed by atoms with Crippen molar-refractivity contribution in [2.24, 2.45) is 5.73 Å². The highest BCUT2D eigenvalue weighted by Crippen LogP contribution is 2.18. The molecule has 3 nitrogen and oxygen atoms in total. The van der Waals surface area contributed by atoms with E-state index in [1.54, 1.807) is 18.4 Å². The van der Waals surface area contributed by atoms with Crippen LogP contribution in [0.25, 0.3) is 0 Å². The maximum Gasteiger partial charge on any atom is 0.127 e. The van der Waals surface area contributed by atoms with Crippen LogP contribution in [0.15, 0.2) is 47.1 Å². The van der Waals surface area contributed by atoms with Gasteiger partial charge in [0.05, 0.1) is 12.8 Å². The fourth-order valence-electron chi connectivity index (χ4n) is 2.22. The van der Waals surface area contributed by atoms with E-state index in [1.807, 2.05) is 18.2 Å². The van der Waals surface area contributed by atoms with Gasteiger partial charge in [0.2, 0.25) is 0 Å². The summed E-state index contributed by atoms with van der Waals surface area (Å²) >= 11 is 0. The minimum absolute atomic E-state index is 0.228. The van der Waals surface area contributed by atoms with Gasteiger partial charge in [-0.05, 0) is 31.2 Å². The lowest BCUT2D eigenvalue weighted by atomic mass is 10.0. The smallest absolute Gasteiger partial charge is 0.127 e. The van der Waals surface area contributed by atoms with E-state index in [9.17, 15) is 4.39 Å². The predicted octanol–water partition coefficient (Wildman–Crippen LogP) is 3.33. The third-order valence-electron chi connectivity index (χ3n) is 3.47. The molecule has 2 rings (SSSR count). The molecule has 0 aliphatic rings. The highest BCUT2D eigenvalue weighted by molar-refractivity contribution is 5.20. The van der Waals surface area contributed by atoms with Crippen molar-refractivity contribution in [3.05, 3.63) is 59.8 Å². The first-order valence-electron chi connectivity index (χ1n) is 6.95. The van der Waals surface area contributed by atoms with E-state index in [0.717, 1.165) is 31.8 Å². The van der Waals surface area contributed by atoms with Crippen molar-refractivity contribution in [2.75, 3.05) is 13.1 Å². The molecule has 1 aromatic heterocycles. The van der Waals surface area contributed by atoms with Crippen LogP contribution in [-0.2, 0) is 6.54 Å². The highest BCUT2D eigenvalue weighted by Gasteiger charge is 2.13. The van der Waals surface area contributed by atoms with Gasteiger partial charge in [-0.1, -0.05) is 25.1 Å². The van der Waals surface area contributed by atoms with Gasteiger partial charge in [0.25, 0.3) is 0 Å². The van der Waals surface area contributed by atoms with Gasteiger partial charge >= 0.3 is 0 Å². The Kier molecular flexibility index (Phi) is 5.32. The topological polar surface area (TPSA) is 42.4 Å². The molecule has 0 spiro atoms. The van der Waals surface area contributed by atoms with Gasteiger partial charge in [-0.3, -0.25) is 4.90 Å². The number of furan rings is 1. The second kappa shape index (κ2) is 7.22. The van der Waals surface area contributed by atoms with Crippen LogP contribution >= 0.6 is 0 Å². The molecular formula is C16H21FN2O. The van der Waals surface area contributed by atoms with Crippen molar-refractivity contribution in [3.8, 4) is 0 Å². The van der Waals surface area contributed by atoms with Gasteiger partial charge in [0, 0.05) is 18.2 Å². The van der Waals surface area contributed by atoms with Crippen LogP contribution in [0.1, 0.15) is 30.7 Å². The number of hydrogen-bond donors (Lipinski definition) is 1. The minimum Gasteiger partial charge on any atom is -0.468 e. The van der Waals surface area contributed by atoms with Crippen LogP contribution in [0.3, 0.4) is 0 Å². The molecule has 0 saturated carbocycles. The van der Waals surface area contributed by atoms with E-state index in [4.69, 9.17) is 10.2 Å². The lowest BCUT2D eigenvalue weighted by molar-refractivity contribution is 0.246. The molecular weight excluding hydrogens is 255 g/mol. The van der Waals surface area contributed by atoms with Gasteiger partial charge in [0.1, 0.15) is 11.6 Å². The first-order valence-corrected chi connectivity index (χ1v) is 6.95. The molecule has 0 radical (unpaired) electrons. The van der Waals surface area contributed by atoms with Crippen molar-refractivity contribution in [1.82, 2.24) is 4.90 Å². The van der Waals surface area contributed by atoms with Crippen molar-refractivity contribution in [2.45, 2.75) is 25.9 Å². The summed E-state index contributed by atoms with van der Waals surface area (Å²) in [5, 5.41) is 0. The lowest BCUT2D eigenvalue weighted by Gasteiger charge is -2.21. The van der Waals surface area contributed by atoms with Gasteiger partial charge in [-0.25, -0.2) is 4.39 Å². The first kappa shape index (κ1) is 14.8. The maximum absolute atomic E-state index is 13.6. The fourth-order valence-corrected chi connectivity index (χ4v) is 2.22. The predicted molar refractivity (Wildman–Crippen MR) is 77.6 cm³/mol. The summed E-state index contributed by atoms with van der Waals surface area (Å²) < 4.78 is 19.0. The standard InChI is InChI=1S/C16H21FN2O/c1-2-19(12-13-6-5-11-20-13)10-9-16(18)14-7-3-4-8-15(14)17/h3-8,11,16H,2,9-10,12,18H2,1H3. The van der Waals surface area contributed by atoms with Crippen LogP contribution in [0.4, 0.5) is 4.39 Å². The van der Waals surface area contributed by atoms with E-state index >= 15 is 0 Å². The molecule has 1 aromatic carbocycles. The molecule has 1 unspecified atom stereocenters. The Hall–Kier alpha value is -1.65. The third kappa shape index (κ3) is 3.92. The van der Waals surface area contributed by atoms with E-state index in [-0.39, 0.29) is 11.9 Å². The van der Waals surface area contributed by atoms with Crippen LogP contribution in [-0.4, -0.2) is 18.0 Å². The average molecular weight is 276 g/mol. The summed E-state index contributed by atoms with van der Waals surface area (Å²) in [6.07, 6.45) is 2.39. The van der Waals surface area contributed by atoms with E-state index in [2.05, 4.69) is 11.8 Å². The second-order valence-corrected chi connectivity index (χ2v) is 4.86. The Morgan fingerprint density at radius 1 is 1.25 bits per heavy atom. The van der Waals surface area contributed by atoms with E-state index < -0.39 is 0 Å². The molecule has 2 N–H and O–H groups in total. The molecule has 1 atom stereocenters. The van der Waals surface area contributed by atoms with E-state index in [1.165, 1.54) is 6.07 Å². The van der Waals surface area contributed by atoms with E-state index in [0.29, 0.717) is 5.56 Å². The summed E-state index contributed by atoms with van der Waals surface area (Å²) in [6.45, 7) is 4.57. The Labute approximate surface area is 119 Å². The number of rotatable bonds is 7. The lowest BCUT2D eigenvalue weighted by Crippen LogP contribution is -2.27. The Balaban J connectivity index is 1.88. The molecule has 1 heterocycles. The molecule has 0 aliphatic heterocycles. The summed E-state index contributed by atoms with van der Waals surface area (Å²) in [4.78, 5) is 2.24. The number of halogens is 1. The van der Waals surface area contributed by atoms with Crippen LogP contribution in [0.5, 0.6) is 0 Å². The molecule has 20 heavy (non-hydrogen) atoms. The van der Waals surface area contributed by atoms with Crippen molar-refractivity contribution < 1.29 is 8.81 Å². The Bertz CT molecular complexity index is 513. The zero-order valence-corrected chi connectivity index (χ0v) is 11.8. The molecule has 0 amide bonds. The normalized spacial score (nSPS) is 12.8. The zero-order valence-electron chi connectivity index (χ0n) is 11.8. The monoisotopic (exact) mass is 276 g/mol. The largest absolute Gasteiger partial charge is 0.468 e. The molecule has 4 heteroatoms. The number of nitrogens with two attached hydrogens (primary N) is 1. The number of nitrogens with zero attached hydrogens (tertiary/aromatic N) is 1. The molecule has 0 bridgehead atoms. The molecule has 108 valence electrons. The summed E-state index contributed by atoms with van der Waals surface area (Å²) in [5.74, 6) is 0.709. The highest BCUT2D eigenvalue weighted by atomic mass is 19.1. The van der Waals surface area contributed by atoms with Crippen LogP contribution in [0.2, 0.25) is 0 Å². The second-order valence-electron chi connectivity index (χ2n) is 4.86. The summed E-state index contributed by atoms with van der Waals surface area (Å²) in [6, 6.07) is 10.3. The minimum atomic E-state index is -0.276. The molecule has 0 fully saturated rings. The number of hydrogen-bond acceptors (Lipinski definition) is 3. The van der Waals surface area contributed by atoms with Crippen molar-refractivity contribution in [3.63, 3.8) is 0 Å². The van der Waals surface area contributed by atoms with Gasteiger partial charge in [-0.2, -0.15) is 0 Å². The zero-order chi connectivity index (χ0) is 14.4. The SMILES string of the molecule is CCN(CCC(N)c1ccccc1F)Cc1ccco1. The first-order chi connectivity index (χ1) is 9.70. The van der Waals surface area contributed by atoms with Crippen LogP contribution < -0.4 is 5.73 Å². The number of benzene rings is 1. The molecule has 0 saturated heterocycles. The Morgan fingerprint density at radius 3 is 2.70 bits per heavy atom. The average Bonchev–Trinajstić information content (AvgIpc) is 2.96. The fraction of sp³-hybridized carbons (Fsp3) is 0.375.